The second kappa shape index (κ2) is 7.89. The van der Waals surface area contributed by atoms with Crippen molar-refractivity contribution >= 4 is 12.6 Å². The molecule has 2 aliphatic rings. The van der Waals surface area contributed by atoms with Gasteiger partial charge in [0, 0.05) is 19.7 Å². The average Bonchev–Trinajstić information content (AvgIpc) is 3.14. The second-order valence-corrected chi connectivity index (χ2v) is 8.41. The summed E-state index contributed by atoms with van der Waals surface area (Å²) in [6.45, 7) is 11.7. The van der Waals surface area contributed by atoms with E-state index in [1.54, 1.807) is 0 Å². The van der Waals surface area contributed by atoms with Crippen LogP contribution in [0, 0.1) is 0 Å². The Kier molecular flexibility index (Phi) is 5.97. The molecule has 26 heavy (non-hydrogen) atoms. The lowest BCUT2D eigenvalue weighted by Crippen LogP contribution is -2.41. The molecule has 0 spiro atoms. The van der Waals surface area contributed by atoms with Crippen LogP contribution in [0.25, 0.3) is 0 Å². The summed E-state index contributed by atoms with van der Waals surface area (Å²) in [5.41, 5.74) is 0.327. The van der Waals surface area contributed by atoms with Gasteiger partial charge in [-0.3, -0.25) is 0 Å². The first kappa shape index (κ1) is 19.7. The highest BCUT2D eigenvalue weighted by molar-refractivity contribution is 6.62. The van der Waals surface area contributed by atoms with E-state index in [1.165, 1.54) is 12.8 Å². The number of hydrogen-bond acceptors (Lipinski definition) is 5. The zero-order valence-electron chi connectivity index (χ0n) is 16.8. The molecule has 0 aromatic heterocycles. The highest BCUT2D eigenvalue weighted by atomic mass is 16.7. The van der Waals surface area contributed by atoms with Gasteiger partial charge in [0.25, 0.3) is 0 Å². The van der Waals surface area contributed by atoms with Crippen molar-refractivity contribution in [3.8, 4) is 5.75 Å². The molecule has 1 aromatic carbocycles. The molecule has 5 nitrogen and oxygen atoms in total. The molecule has 3 rings (SSSR count). The van der Waals surface area contributed by atoms with Gasteiger partial charge in [0.1, 0.15) is 12.4 Å². The van der Waals surface area contributed by atoms with Crippen molar-refractivity contribution in [3.63, 3.8) is 0 Å². The highest BCUT2D eigenvalue weighted by Crippen LogP contribution is 2.36. The van der Waals surface area contributed by atoms with Crippen molar-refractivity contribution in [3.05, 3.63) is 24.3 Å². The third-order valence-electron chi connectivity index (χ3n) is 5.66. The van der Waals surface area contributed by atoms with Crippen molar-refractivity contribution < 1.29 is 18.8 Å². The maximum Gasteiger partial charge on any atom is 0.494 e. The summed E-state index contributed by atoms with van der Waals surface area (Å²) < 4.78 is 23.9. The molecule has 2 saturated heterocycles. The van der Waals surface area contributed by atoms with Crippen LogP contribution in [0.4, 0.5) is 0 Å². The minimum absolute atomic E-state index is 0.334. The summed E-state index contributed by atoms with van der Waals surface area (Å²) in [5.74, 6) is 0.850. The maximum absolute atomic E-state index is 6.12. The average molecular weight is 361 g/mol. The van der Waals surface area contributed by atoms with Gasteiger partial charge in [0.15, 0.2) is 0 Å². The van der Waals surface area contributed by atoms with Crippen LogP contribution >= 0.6 is 0 Å². The molecule has 0 bridgehead atoms. The van der Waals surface area contributed by atoms with Crippen LogP contribution in [0.15, 0.2) is 24.3 Å². The molecule has 2 fully saturated rings. The van der Waals surface area contributed by atoms with Crippen LogP contribution in [0.1, 0.15) is 40.5 Å². The van der Waals surface area contributed by atoms with Gasteiger partial charge in [-0.25, -0.2) is 0 Å². The third kappa shape index (κ3) is 4.60. The molecule has 1 unspecified atom stereocenters. The first-order valence-corrected chi connectivity index (χ1v) is 9.65. The Morgan fingerprint density at radius 3 is 2.58 bits per heavy atom. The van der Waals surface area contributed by atoms with E-state index >= 15 is 0 Å². The fourth-order valence-corrected chi connectivity index (χ4v) is 3.28. The number of benzene rings is 1. The number of nitrogens with zero attached hydrogens (tertiary/aromatic N) is 1. The molecule has 0 N–H and O–H groups in total. The minimum atomic E-state index is -0.356. The van der Waals surface area contributed by atoms with Crippen LogP contribution < -0.4 is 10.2 Å². The number of likely N-dealkylation sites (N-methyl/N-ethyl adjacent to an activating group) is 1. The molecule has 1 atom stereocenters. The summed E-state index contributed by atoms with van der Waals surface area (Å²) in [7, 11) is 1.76. The van der Waals surface area contributed by atoms with Gasteiger partial charge >= 0.3 is 7.12 Å². The summed E-state index contributed by atoms with van der Waals surface area (Å²) in [6.07, 6.45) is 2.73. The van der Waals surface area contributed by atoms with Gasteiger partial charge in [-0.05, 0) is 65.2 Å². The van der Waals surface area contributed by atoms with Crippen molar-refractivity contribution in [2.45, 2.75) is 57.8 Å². The van der Waals surface area contributed by atoms with Gasteiger partial charge < -0.3 is 23.7 Å². The Morgan fingerprint density at radius 1 is 1.19 bits per heavy atom. The third-order valence-corrected chi connectivity index (χ3v) is 5.66. The predicted octanol–water partition coefficient (Wildman–Crippen LogP) is 2.48. The van der Waals surface area contributed by atoms with E-state index in [9.17, 15) is 0 Å². The van der Waals surface area contributed by atoms with E-state index < -0.39 is 0 Å². The second-order valence-electron chi connectivity index (χ2n) is 8.41. The van der Waals surface area contributed by atoms with Crippen molar-refractivity contribution in [1.29, 1.82) is 0 Å². The lowest BCUT2D eigenvalue weighted by molar-refractivity contribution is 0.00578. The van der Waals surface area contributed by atoms with E-state index in [-0.39, 0.29) is 18.3 Å². The number of ether oxygens (including phenoxy) is 2. The Bertz CT molecular complexity index is 585. The molecule has 2 aliphatic heterocycles. The van der Waals surface area contributed by atoms with Gasteiger partial charge in [-0.15, -0.1) is 0 Å². The first-order valence-electron chi connectivity index (χ1n) is 9.65. The van der Waals surface area contributed by atoms with Crippen LogP contribution in [0.5, 0.6) is 5.75 Å². The molecular weight excluding hydrogens is 329 g/mol. The molecule has 0 aliphatic carbocycles. The molecule has 144 valence electrons. The quantitative estimate of drug-likeness (QED) is 0.698. The van der Waals surface area contributed by atoms with E-state index in [0.29, 0.717) is 12.7 Å². The maximum atomic E-state index is 6.12. The zero-order valence-corrected chi connectivity index (χ0v) is 16.8. The van der Waals surface area contributed by atoms with Crippen molar-refractivity contribution in [2.75, 3.05) is 33.4 Å². The topological polar surface area (TPSA) is 40.2 Å². The van der Waals surface area contributed by atoms with Gasteiger partial charge in [0.05, 0.1) is 17.3 Å². The lowest BCUT2D eigenvalue weighted by Gasteiger charge is -2.32. The van der Waals surface area contributed by atoms with Crippen molar-refractivity contribution in [1.82, 2.24) is 4.90 Å². The predicted molar refractivity (Wildman–Crippen MR) is 104 cm³/mol. The van der Waals surface area contributed by atoms with Gasteiger partial charge in [0.2, 0.25) is 0 Å². The van der Waals surface area contributed by atoms with Crippen LogP contribution in [0.2, 0.25) is 0 Å². The molecule has 2 heterocycles. The molecule has 6 heteroatoms. The smallest absolute Gasteiger partial charge is 0.492 e. The Hall–Kier alpha value is -1.08. The fourth-order valence-electron chi connectivity index (χ4n) is 3.28. The SMILES string of the molecule is CN(CCOc1cccc(B2OC(C)(C)C(C)(C)O2)c1)CC1CCCO1. The zero-order chi connectivity index (χ0) is 18.8. The molecule has 0 radical (unpaired) electrons. The molecule has 0 amide bonds. The molecule has 0 saturated carbocycles. The normalized spacial score (nSPS) is 24.4. The van der Waals surface area contributed by atoms with E-state index in [4.69, 9.17) is 18.8 Å². The van der Waals surface area contributed by atoms with Crippen LogP contribution in [-0.2, 0) is 14.0 Å². The summed E-state index contributed by atoms with van der Waals surface area (Å²) >= 11 is 0. The summed E-state index contributed by atoms with van der Waals surface area (Å²) in [6, 6.07) is 8.02. The number of hydrogen-bond donors (Lipinski definition) is 0. The molecular formula is C20H32BNO4. The monoisotopic (exact) mass is 361 g/mol. The minimum Gasteiger partial charge on any atom is -0.492 e. The van der Waals surface area contributed by atoms with E-state index in [2.05, 4.69) is 39.6 Å². The van der Waals surface area contributed by atoms with Crippen LogP contribution in [-0.4, -0.2) is 62.7 Å². The first-order chi connectivity index (χ1) is 12.3. The Labute approximate surface area is 158 Å². The number of rotatable bonds is 7. The summed E-state index contributed by atoms with van der Waals surface area (Å²) in [4.78, 5) is 2.27. The van der Waals surface area contributed by atoms with Crippen molar-refractivity contribution in [2.24, 2.45) is 0 Å². The lowest BCUT2D eigenvalue weighted by atomic mass is 9.79. The highest BCUT2D eigenvalue weighted by Gasteiger charge is 2.51. The van der Waals surface area contributed by atoms with E-state index in [1.807, 2.05) is 24.3 Å². The summed E-state index contributed by atoms with van der Waals surface area (Å²) in [5, 5.41) is 0. The largest absolute Gasteiger partial charge is 0.494 e. The van der Waals surface area contributed by atoms with Gasteiger partial charge in [-0.1, -0.05) is 12.1 Å². The fraction of sp³-hybridized carbons (Fsp3) is 0.700. The van der Waals surface area contributed by atoms with Gasteiger partial charge in [-0.2, -0.15) is 0 Å². The standard InChI is InChI=1S/C20H32BNO4/c1-19(2)20(3,4)26-21(25-19)16-8-6-9-17(14-16)24-13-11-22(5)15-18-10-7-12-23-18/h6,8-9,14,18H,7,10-13,15H2,1-5H3. The Morgan fingerprint density at radius 2 is 1.92 bits per heavy atom. The Balaban J connectivity index is 1.50. The van der Waals surface area contributed by atoms with Crippen LogP contribution in [0.3, 0.4) is 0 Å². The molecule has 1 aromatic rings. The van der Waals surface area contributed by atoms with E-state index in [0.717, 1.165) is 30.9 Å².